The molecule has 1 rings (SSSR count). The van der Waals surface area contributed by atoms with E-state index in [1.807, 2.05) is 19.9 Å². The number of ketones is 1. The van der Waals surface area contributed by atoms with Crippen LogP contribution in [0.5, 0.6) is 5.75 Å². The van der Waals surface area contributed by atoms with Crippen molar-refractivity contribution in [1.82, 2.24) is 16.1 Å². The Labute approximate surface area is 229 Å². The van der Waals surface area contributed by atoms with Gasteiger partial charge in [-0.1, -0.05) is 87.3 Å². The predicted molar refractivity (Wildman–Crippen MR) is 163 cm³/mol. The SMILES string of the molecule is C=C(C)NC(=C)NC(CC)C(CCC)CCC.CCC(C)CC.CCc1cc(ONC)ccc1C(C)=O. The van der Waals surface area contributed by atoms with Gasteiger partial charge in [0, 0.05) is 24.4 Å². The standard InChI is InChI=1S/C15H30N2.C11H15NO2.C6H14/c1-7-10-14(11-8-2)15(9-3)17-13(6)16-12(4)5;1-4-9-7-10(14-12-3)5-6-11(9)8(2)13;1-4-6(3)5-2/h14-17H,4,6-11H2,1-3,5H3;5-7,12H,4H2,1-3H3;6H,4-5H2,1-3H3. The number of benzene rings is 1. The average molecular weight is 518 g/mol. The second-order valence-electron chi connectivity index (χ2n) is 9.84. The Morgan fingerprint density at radius 2 is 1.51 bits per heavy atom. The van der Waals surface area contributed by atoms with E-state index in [0.29, 0.717) is 6.04 Å². The van der Waals surface area contributed by atoms with Gasteiger partial charge in [0.1, 0.15) is 5.75 Å². The van der Waals surface area contributed by atoms with E-state index < -0.39 is 0 Å². The van der Waals surface area contributed by atoms with Crippen LogP contribution in [0.15, 0.2) is 42.9 Å². The van der Waals surface area contributed by atoms with Gasteiger partial charge in [-0.2, -0.15) is 5.48 Å². The summed E-state index contributed by atoms with van der Waals surface area (Å²) >= 11 is 0. The molecule has 0 radical (unpaired) electrons. The van der Waals surface area contributed by atoms with Crippen molar-refractivity contribution in [2.75, 3.05) is 7.05 Å². The van der Waals surface area contributed by atoms with E-state index >= 15 is 0 Å². The Kier molecular flexibility index (Phi) is 22.8. The molecule has 0 aromatic heterocycles. The van der Waals surface area contributed by atoms with Crippen molar-refractivity contribution < 1.29 is 9.63 Å². The molecule has 5 nitrogen and oxygen atoms in total. The van der Waals surface area contributed by atoms with E-state index in [0.717, 1.165) is 53.1 Å². The highest BCUT2D eigenvalue weighted by Crippen LogP contribution is 2.21. The number of carbonyl (C=O) groups is 1. The maximum Gasteiger partial charge on any atom is 0.160 e. The zero-order valence-electron chi connectivity index (χ0n) is 25.9. The Balaban J connectivity index is 0. The summed E-state index contributed by atoms with van der Waals surface area (Å²) in [4.78, 5) is 16.4. The van der Waals surface area contributed by atoms with Gasteiger partial charge < -0.3 is 15.5 Å². The van der Waals surface area contributed by atoms with Crippen molar-refractivity contribution in [2.45, 2.75) is 120 Å². The number of hydroxylamine groups is 1. The minimum atomic E-state index is 0.0952. The van der Waals surface area contributed by atoms with Gasteiger partial charge in [0.15, 0.2) is 5.78 Å². The normalized spacial score (nSPS) is 11.0. The third-order valence-electron chi connectivity index (χ3n) is 6.50. The van der Waals surface area contributed by atoms with Crippen molar-refractivity contribution in [2.24, 2.45) is 11.8 Å². The van der Waals surface area contributed by atoms with Crippen LogP contribution in [-0.2, 0) is 6.42 Å². The molecular formula is C32H59N3O2. The number of nitrogens with one attached hydrogen (secondary N) is 3. The van der Waals surface area contributed by atoms with Gasteiger partial charge in [-0.25, -0.2) is 0 Å². The number of allylic oxidation sites excluding steroid dienone is 1. The lowest BCUT2D eigenvalue weighted by Gasteiger charge is -2.29. The minimum absolute atomic E-state index is 0.0952. The van der Waals surface area contributed by atoms with Crippen LogP contribution in [0.2, 0.25) is 0 Å². The molecule has 1 aromatic carbocycles. The zero-order valence-corrected chi connectivity index (χ0v) is 25.9. The van der Waals surface area contributed by atoms with Gasteiger partial charge in [-0.05, 0) is 75.1 Å². The summed E-state index contributed by atoms with van der Waals surface area (Å²) < 4.78 is 0. The van der Waals surface area contributed by atoms with Crippen LogP contribution in [0.3, 0.4) is 0 Å². The minimum Gasteiger partial charge on any atom is -0.409 e. The Morgan fingerprint density at radius 3 is 1.86 bits per heavy atom. The summed E-state index contributed by atoms with van der Waals surface area (Å²) in [6.45, 7) is 26.9. The van der Waals surface area contributed by atoms with Gasteiger partial charge in [0.25, 0.3) is 0 Å². The van der Waals surface area contributed by atoms with Crippen LogP contribution in [0.1, 0.15) is 123 Å². The number of carbonyl (C=O) groups excluding carboxylic acids is 1. The maximum atomic E-state index is 11.2. The average Bonchev–Trinajstić information content (AvgIpc) is 2.87. The van der Waals surface area contributed by atoms with Gasteiger partial charge in [0.05, 0.1) is 5.82 Å². The first-order chi connectivity index (χ1) is 17.5. The van der Waals surface area contributed by atoms with Crippen molar-refractivity contribution in [3.8, 4) is 5.75 Å². The molecule has 1 unspecified atom stereocenters. The lowest BCUT2D eigenvalue weighted by atomic mass is 9.89. The molecule has 5 heteroatoms. The van der Waals surface area contributed by atoms with Gasteiger partial charge in [-0.15, -0.1) is 0 Å². The highest BCUT2D eigenvalue weighted by molar-refractivity contribution is 5.95. The Bertz CT molecular complexity index is 750. The summed E-state index contributed by atoms with van der Waals surface area (Å²) in [5.74, 6) is 3.39. The molecule has 0 aliphatic carbocycles. The topological polar surface area (TPSA) is 62.4 Å². The number of hydrogen-bond donors (Lipinski definition) is 3. The van der Waals surface area contributed by atoms with Crippen molar-refractivity contribution in [3.63, 3.8) is 0 Å². The molecule has 0 amide bonds. The lowest BCUT2D eigenvalue weighted by molar-refractivity contribution is 0.101. The summed E-state index contributed by atoms with van der Waals surface area (Å²) in [5.41, 5.74) is 5.32. The van der Waals surface area contributed by atoms with Crippen LogP contribution < -0.4 is 21.0 Å². The fourth-order valence-electron chi connectivity index (χ4n) is 4.04. The van der Waals surface area contributed by atoms with Gasteiger partial charge in [0.2, 0.25) is 0 Å². The number of aryl methyl sites for hydroxylation is 1. The summed E-state index contributed by atoms with van der Waals surface area (Å²) in [5, 5.41) is 6.65. The van der Waals surface area contributed by atoms with Crippen LogP contribution in [0.4, 0.5) is 0 Å². The molecule has 0 heterocycles. The van der Waals surface area contributed by atoms with Crippen LogP contribution in [0, 0.1) is 11.8 Å². The molecule has 0 saturated heterocycles. The van der Waals surface area contributed by atoms with Crippen molar-refractivity contribution >= 4 is 5.78 Å². The second kappa shape index (κ2) is 22.9. The van der Waals surface area contributed by atoms with E-state index in [1.165, 1.54) is 38.5 Å². The molecule has 0 spiro atoms. The molecule has 214 valence electrons. The van der Waals surface area contributed by atoms with E-state index in [9.17, 15) is 4.79 Å². The fraction of sp³-hybridized carbons (Fsp3) is 0.656. The first-order valence-electron chi connectivity index (χ1n) is 14.4. The van der Waals surface area contributed by atoms with Gasteiger partial charge >= 0.3 is 0 Å². The van der Waals surface area contributed by atoms with E-state index in [-0.39, 0.29) is 5.78 Å². The largest absolute Gasteiger partial charge is 0.409 e. The third-order valence-corrected chi connectivity index (χ3v) is 6.50. The van der Waals surface area contributed by atoms with E-state index in [4.69, 9.17) is 4.84 Å². The third kappa shape index (κ3) is 17.8. The Hall–Kier alpha value is -2.27. The molecule has 1 aromatic rings. The highest BCUT2D eigenvalue weighted by atomic mass is 16.6. The molecule has 3 N–H and O–H groups in total. The highest BCUT2D eigenvalue weighted by Gasteiger charge is 2.18. The number of Topliss-reactive ketones (excluding diaryl/α,β-unsaturated/α-hetero) is 1. The quantitative estimate of drug-likeness (QED) is 0.151. The second-order valence-corrected chi connectivity index (χ2v) is 9.84. The molecule has 37 heavy (non-hydrogen) atoms. The van der Waals surface area contributed by atoms with Gasteiger partial charge in [-0.3, -0.25) is 4.79 Å². The fourth-order valence-corrected chi connectivity index (χ4v) is 4.04. The van der Waals surface area contributed by atoms with Crippen molar-refractivity contribution in [3.05, 3.63) is 54.0 Å². The lowest BCUT2D eigenvalue weighted by Crippen LogP contribution is -2.38. The molecular weight excluding hydrogens is 458 g/mol. The number of rotatable bonds is 16. The molecule has 0 aliphatic heterocycles. The monoisotopic (exact) mass is 517 g/mol. The van der Waals surface area contributed by atoms with Crippen molar-refractivity contribution in [1.29, 1.82) is 0 Å². The molecule has 1 atom stereocenters. The molecule has 0 aliphatic rings. The maximum absolute atomic E-state index is 11.2. The molecule has 0 fully saturated rings. The van der Waals surface area contributed by atoms with Crippen LogP contribution in [-0.4, -0.2) is 18.9 Å². The van der Waals surface area contributed by atoms with Crippen LogP contribution in [0.25, 0.3) is 0 Å². The molecule has 0 bridgehead atoms. The van der Waals surface area contributed by atoms with Crippen LogP contribution >= 0.6 is 0 Å². The summed E-state index contributed by atoms with van der Waals surface area (Å²) in [7, 11) is 1.70. The number of hydrogen-bond acceptors (Lipinski definition) is 5. The Morgan fingerprint density at radius 1 is 0.946 bits per heavy atom. The molecule has 0 saturated carbocycles. The summed E-state index contributed by atoms with van der Waals surface area (Å²) in [6.07, 6.45) is 9.72. The predicted octanol–water partition coefficient (Wildman–Crippen LogP) is 8.57. The first-order valence-corrected chi connectivity index (χ1v) is 14.4. The summed E-state index contributed by atoms with van der Waals surface area (Å²) in [6, 6.07) is 5.99. The first kappa shape index (κ1) is 36.9. The zero-order chi connectivity index (χ0) is 28.8. The van der Waals surface area contributed by atoms with E-state index in [2.05, 4.69) is 70.8 Å². The smallest absolute Gasteiger partial charge is 0.160 e. The van der Waals surface area contributed by atoms with E-state index in [1.54, 1.807) is 26.1 Å².